The summed E-state index contributed by atoms with van der Waals surface area (Å²) < 4.78 is 4.35. The molecule has 10 rings (SSSR count). The lowest BCUT2D eigenvalue weighted by molar-refractivity contribution is -0.134. The SMILES string of the molecule is Cn1c(-c2ccccc2-c2cccc(N)c2)nc(-c2ccccc2)c1-c1ccccc1.Cn1c(-c2ccccc2-c2cccc(NCC(=O)O)c2)nc(-c2ccccc2)c1-c1ccccc1. The maximum atomic E-state index is 11.0. The minimum Gasteiger partial charge on any atom is -0.480 e. The van der Waals surface area contributed by atoms with E-state index in [1.54, 1.807) is 0 Å². The first-order valence-corrected chi connectivity index (χ1v) is 21.8. The van der Waals surface area contributed by atoms with E-state index in [1.165, 1.54) is 0 Å². The fraction of sp³-hybridized carbons (Fsp3) is 0.0517. The van der Waals surface area contributed by atoms with E-state index in [0.29, 0.717) is 0 Å². The van der Waals surface area contributed by atoms with E-state index in [0.717, 1.165) is 101 Å². The molecule has 2 aromatic heterocycles. The van der Waals surface area contributed by atoms with Gasteiger partial charge in [-0.3, -0.25) is 4.79 Å². The van der Waals surface area contributed by atoms with E-state index in [4.69, 9.17) is 20.8 Å². The number of aliphatic carboxylic acids is 1. The molecular weight excluding hydrogens is 813 g/mol. The van der Waals surface area contributed by atoms with Crippen LogP contribution in [0, 0.1) is 0 Å². The molecule has 0 saturated carbocycles. The molecule has 0 aliphatic rings. The second kappa shape index (κ2) is 19.3. The number of carboxylic acids is 1. The van der Waals surface area contributed by atoms with Gasteiger partial charge in [-0.05, 0) is 46.5 Å². The van der Waals surface area contributed by atoms with E-state index in [9.17, 15) is 4.79 Å². The van der Waals surface area contributed by atoms with Crippen LogP contribution in [0.2, 0.25) is 0 Å². The fourth-order valence-corrected chi connectivity index (χ4v) is 8.47. The summed E-state index contributed by atoms with van der Waals surface area (Å²) in [5.41, 5.74) is 22.4. The summed E-state index contributed by atoms with van der Waals surface area (Å²) in [6.07, 6.45) is 0. The van der Waals surface area contributed by atoms with Crippen LogP contribution < -0.4 is 11.1 Å². The second-order valence-electron chi connectivity index (χ2n) is 15.9. The first-order chi connectivity index (χ1) is 32.3. The van der Waals surface area contributed by atoms with Crippen LogP contribution in [0.1, 0.15) is 0 Å². The largest absolute Gasteiger partial charge is 0.480 e. The van der Waals surface area contributed by atoms with Crippen LogP contribution in [-0.2, 0) is 18.9 Å². The number of rotatable bonds is 11. The van der Waals surface area contributed by atoms with E-state index < -0.39 is 5.97 Å². The van der Waals surface area contributed by atoms with Crippen molar-refractivity contribution in [3.05, 3.63) is 218 Å². The zero-order valence-electron chi connectivity index (χ0n) is 36.7. The number of nitrogen functional groups attached to an aromatic ring is 1. The molecule has 0 aliphatic heterocycles. The molecule has 0 bridgehead atoms. The van der Waals surface area contributed by atoms with Crippen LogP contribution >= 0.6 is 0 Å². The Bertz CT molecular complexity index is 3250. The van der Waals surface area contributed by atoms with Crippen LogP contribution in [-0.4, -0.2) is 36.7 Å². The van der Waals surface area contributed by atoms with Gasteiger partial charge >= 0.3 is 5.97 Å². The van der Waals surface area contributed by atoms with E-state index in [-0.39, 0.29) is 6.54 Å². The fourth-order valence-electron chi connectivity index (χ4n) is 8.47. The Kier molecular flexibility index (Phi) is 12.5. The van der Waals surface area contributed by atoms with Crippen molar-refractivity contribution in [2.45, 2.75) is 0 Å². The lowest BCUT2D eigenvalue weighted by Crippen LogP contribution is -2.12. The quantitative estimate of drug-likeness (QED) is 0.112. The van der Waals surface area contributed by atoms with Gasteiger partial charge in [0, 0.05) is 58.9 Å². The molecule has 8 nitrogen and oxygen atoms in total. The van der Waals surface area contributed by atoms with Gasteiger partial charge in [0.15, 0.2) is 0 Å². The zero-order chi connectivity index (χ0) is 45.4. The Morgan fingerprint density at radius 1 is 0.455 bits per heavy atom. The molecule has 0 aliphatic carbocycles. The standard InChI is InChI=1S/C30H25N3O2.C28H23N3/c1-33-29(22-13-6-3-7-14-22)28(21-11-4-2-5-12-21)32-30(33)26-18-9-8-17-25(26)23-15-10-16-24(19-23)31-20-27(34)35;1-31-27(21-13-6-3-7-14-21)26(20-11-4-2-5-12-20)30-28(31)25-18-9-8-17-24(25)22-15-10-16-23(29)19-22/h2-19,31H,20H2,1H3,(H,34,35);2-19H,29H2,1H3. The Labute approximate surface area is 385 Å². The van der Waals surface area contributed by atoms with Crippen LogP contribution in [0.15, 0.2) is 218 Å². The molecule has 0 unspecified atom stereocenters. The maximum Gasteiger partial charge on any atom is 0.322 e. The Hall–Kier alpha value is -8.75. The summed E-state index contributed by atoms with van der Waals surface area (Å²) in [5, 5.41) is 12.0. The number of aromatic nitrogens is 4. The first-order valence-electron chi connectivity index (χ1n) is 21.8. The highest BCUT2D eigenvalue weighted by atomic mass is 16.4. The summed E-state index contributed by atoms with van der Waals surface area (Å²) in [7, 11) is 4.14. The molecular formula is C58H48N6O2. The number of hydrogen-bond donors (Lipinski definition) is 3. The third-order valence-corrected chi connectivity index (χ3v) is 11.5. The minimum atomic E-state index is -0.898. The second-order valence-corrected chi connectivity index (χ2v) is 15.9. The summed E-state index contributed by atoms with van der Waals surface area (Å²) >= 11 is 0. The summed E-state index contributed by atoms with van der Waals surface area (Å²) in [4.78, 5) is 21.3. The van der Waals surface area contributed by atoms with Crippen molar-refractivity contribution < 1.29 is 9.90 Å². The number of imidazole rings is 2. The van der Waals surface area contributed by atoms with Crippen LogP contribution in [0.5, 0.6) is 0 Å². The molecule has 8 aromatic carbocycles. The van der Waals surface area contributed by atoms with Gasteiger partial charge in [0.2, 0.25) is 0 Å². The molecule has 0 fully saturated rings. The van der Waals surface area contributed by atoms with Gasteiger partial charge in [0.1, 0.15) is 18.2 Å². The number of carbonyl (C=O) groups is 1. The lowest BCUT2D eigenvalue weighted by atomic mass is 9.98. The summed E-state index contributed by atoms with van der Waals surface area (Å²) in [5.74, 6) is 0.892. The predicted molar refractivity (Wildman–Crippen MR) is 270 cm³/mol. The van der Waals surface area contributed by atoms with Gasteiger partial charge in [0.25, 0.3) is 0 Å². The van der Waals surface area contributed by atoms with Crippen LogP contribution in [0.4, 0.5) is 11.4 Å². The number of benzene rings is 8. The molecule has 0 amide bonds. The molecule has 0 atom stereocenters. The minimum absolute atomic E-state index is 0.134. The summed E-state index contributed by atoms with van der Waals surface area (Å²) in [6.45, 7) is -0.134. The Morgan fingerprint density at radius 2 is 0.818 bits per heavy atom. The van der Waals surface area contributed by atoms with Gasteiger partial charge < -0.3 is 25.3 Å². The van der Waals surface area contributed by atoms with Crippen molar-refractivity contribution in [3.8, 4) is 90.1 Å². The molecule has 8 heteroatoms. The van der Waals surface area contributed by atoms with E-state index >= 15 is 0 Å². The van der Waals surface area contributed by atoms with Crippen molar-refractivity contribution in [3.63, 3.8) is 0 Å². The van der Waals surface area contributed by atoms with Gasteiger partial charge in [0.05, 0.1) is 22.8 Å². The average Bonchev–Trinajstić information content (AvgIpc) is 3.90. The van der Waals surface area contributed by atoms with Gasteiger partial charge in [-0.1, -0.05) is 194 Å². The van der Waals surface area contributed by atoms with Crippen molar-refractivity contribution >= 4 is 17.3 Å². The van der Waals surface area contributed by atoms with Crippen LogP contribution in [0.25, 0.3) is 90.1 Å². The zero-order valence-corrected chi connectivity index (χ0v) is 36.7. The number of nitrogens with one attached hydrogen (secondary N) is 1. The maximum absolute atomic E-state index is 11.0. The van der Waals surface area contributed by atoms with E-state index in [1.807, 2.05) is 103 Å². The molecule has 0 spiro atoms. The monoisotopic (exact) mass is 860 g/mol. The molecule has 322 valence electrons. The number of nitrogens with two attached hydrogens (primary N) is 1. The number of hydrogen-bond acceptors (Lipinski definition) is 5. The molecule has 66 heavy (non-hydrogen) atoms. The van der Waals surface area contributed by atoms with Gasteiger partial charge in [-0.15, -0.1) is 0 Å². The number of carboxylic acid groups (broad SMARTS) is 1. The average molecular weight is 861 g/mol. The van der Waals surface area contributed by atoms with Crippen molar-refractivity contribution in [2.24, 2.45) is 14.1 Å². The van der Waals surface area contributed by atoms with Gasteiger partial charge in [-0.25, -0.2) is 9.97 Å². The highest BCUT2D eigenvalue weighted by molar-refractivity contribution is 5.89. The van der Waals surface area contributed by atoms with Crippen LogP contribution in [0.3, 0.4) is 0 Å². The highest BCUT2D eigenvalue weighted by Gasteiger charge is 2.23. The van der Waals surface area contributed by atoms with Crippen molar-refractivity contribution in [1.82, 2.24) is 19.1 Å². The number of nitrogens with zero attached hydrogens (tertiary/aromatic N) is 4. The normalized spacial score (nSPS) is 10.8. The lowest BCUT2D eigenvalue weighted by Gasteiger charge is -2.13. The molecule has 4 N–H and O–H groups in total. The Morgan fingerprint density at radius 3 is 1.24 bits per heavy atom. The highest BCUT2D eigenvalue weighted by Crippen LogP contribution is 2.41. The van der Waals surface area contributed by atoms with E-state index in [2.05, 4.69) is 144 Å². The van der Waals surface area contributed by atoms with Crippen molar-refractivity contribution in [2.75, 3.05) is 17.6 Å². The Balaban J connectivity index is 0.000000167. The first kappa shape index (κ1) is 42.5. The molecule has 0 saturated heterocycles. The topological polar surface area (TPSA) is 111 Å². The number of anilines is 2. The molecule has 2 heterocycles. The third-order valence-electron chi connectivity index (χ3n) is 11.5. The summed E-state index contributed by atoms with van der Waals surface area (Å²) in [6, 6.07) is 73.7. The van der Waals surface area contributed by atoms with Gasteiger partial charge in [-0.2, -0.15) is 0 Å². The smallest absolute Gasteiger partial charge is 0.322 e. The molecule has 0 radical (unpaired) electrons. The predicted octanol–water partition coefficient (Wildman–Crippen LogP) is 13.3. The molecule has 10 aromatic rings. The van der Waals surface area contributed by atoms with Crippen molar-refractivity contribution in [1.29, 1.82) is 0 Å². The third kappa shape index (κ3) is 9.02.